The van der Waals surface area contributed by atoms with E-state index in [4.69, 9.17) is 14.2 Å². The van der Waals surface area contributed by atoms with E-state index in [0.29, 0.717) is 31.4 Å². The fourth-order valence-electron chi connectivity index (χ4n) is 4.42. The molecule has 1 aliphatic heterocycles. The van der Waals surface area contributed by atoms with Gasteiger partial charge in [0.05, 0.1) is 18.1 Å². The third-order valence-electron chi connectivity index (χ3n) is 5.89. The highest BCUT2D eigenvalue weighted by Crippen LogP contribution is 2.45. The fraction of sp³-hybridized carbons (Fsp3) is 0.458. The van der Waals surface area contributed by atoms with Crippen molar-refractivity contribution in [1.82, 2.24) is 0 Å². The van der Waals surface area contributed by atoms with Crippen molar-refractivity contribution in [3.63, 3.8) is 0 Å². The zero-order valence-electron chi connectivity index (χ0n) is 18.0. The van der Waals surface area contributed by atoms with Crippen LogP contribution in [0.25, 0.3) is 0 Å². The van der Waals surface area contributed by atoms with E-state index in [-0.39, 0.29) is 17.5 Å². The summed E-state index contributed by atoms with van der Waals surface area (Å²) in [5, 5.41) is 0. The molecule has 1 aliphatic carbocycles. The number of carbonyl (C=O) groups excluding carboxylic acids is 3. The van der Waals surface area contributed by atoms with Crippen LogP contribution in [0.1, 0.15) is 50.4 Å². The van der Waals surface area contributed by atoms with Gasteiger partial charge in [-0.1, -0.05) is 19.1 Å². The maximum Gasteiger partial charge on any atom is 0.338 e. The Morgan fingerprint density at radius 2 is 1.97 bits per heavy atom. The van der Waals surface area contributed by atoms with Crippen molar-refractivity contribution >= 4 is 17.9 Å². The molecule has 0 N–H and O–H groups in total. The van der Waals surface area contributed by atoms with Crippen molar-refractivity contribution in [2.45, 2.75) is 52.2 Å². The lowest BCUT2D eigenvalue weighted by Crippen LogP contribution is -2.40. The molecule has 0 spiro atoms. The number of fused-ring (bicyclic) bond motifs is 1. The average molecular weight is 430 g/mol. The zero-order valence-corrected chi connectivity index (χ0v) is 18.0. The molecule has 1 heterocycles. The number of ether oxygens (including phenoxy) is 3. The van der Waals surface area contributed by atoms with Gasteiger partial charge in [-0.2, -0.15) is 0 Å². The molecule has 0 radical (unpaired) electrons. The zero-order chi connectivity index (χ0) is 22.7. The molecule has 1 aromatic carbocycles. The van der Waals surface area contributed by atoms with Crippen LogP contribution in [-0.2, 0) is 23.8 Å². The van der Waals surface area contributed by atoms with Gasteiger partial charge in [0, 0.05) is 18.9 Å². The molecule has 0 saturated carbocycles. The molecular weight excluding hydrogens is 403 g/mol. The van der Waals surface area contributed by atoms with Crippen LogP contribution < -0.4 is 0 Å². The van der Waals surface area contributed by atoms with Crippen molar-refractivity contribution in [2.24, 2.45) is 11.8 Å². The monoisotopic (exact) mass is 430 g/mol. The molecule has 1 aromatic rings. The van der Waals surface area contributed by atoms with Gasteiger partial charge in [-0.25, -0.2) is 14.0 Å². The number of esters is 3. The van der Waals surface area contributed by atoms with Crippen molar-refractivity contribution in [3.8, 4) is 0 Å². The summed E-state index contributed by atoms with van der Waals surface area (Å²) in [4.78, 5) is 36.0. The molecule has 1 fully saturated rings. The quantitative estimate of drug-likeness (QED) is 0.213. The second-order valence-corrected chi connectivity index (χ2v) is 8.15. The summed E-state index contributed by atoms with van der Waals surface area (Å²) in [6, 6.07) is 5.12. The van der Waals surface area contributed by atoms with Crippen LogP contribution in [-0.4, -0.2) is 36.7 Å². The summed E-state index contributed by atoms with van der Waals surface area (Å²) >= 11 is 0. The van der Waals surface area contributed by atoms with Crippen molar-refractivity contribution < 1.29 is 33.0 Å². The van der Waals surface area contributed by atoms with Gasteiger partial charge in [0.2, 0.25) is 0 Å². The van der Waals surface area contributed by atoms with Crippen LogP contribution in [0, 0.1) is 17.7 Å². The van der Waals surface area contributed by atoms with Gasteiger partial charge in [-0.15, -0.1) is 0 Å². The molecule has 7 heteroatoms. The SMILES string of the molecule is C=C1C(=O)O[C@@H]2CC(C)=C([C@@H](C)CCCOC(C)=O)[C@@H](OC(=O)c3ccc(F)cc3)[C@H]12. The molecule has 3 rings (SSSR count). The first-order valence-corrected chi connectivity index (χ1v) is 10.4. The van der Waals surface area contributed by atoms with Crippen LogP contribution in [0.2, 0.25) is 0 Å². The summed E-state index contributed by atoms with van der Waals surface area (Å²) < 4.78 is 29.6. The second-order valence-electron chi connectivity index (χ2n) is 8.15. The number of halogens is 1. The third-order valence-corrected chi connectivity index (χ3v) is 5.89. The van der Waals surface area contributed by atoms with Gasteiger partial charge in [0.25, 0.3) is 0 Å². The summed E-state index contributed by atoms with van der Waals surface area (Å²) in [5.41, 5.74) is 2.44. The van der Waals surface area contributed by atoms with Crippen LogP contribution >= 0.6 is 0 Å². The summed E-state index contributed by atoms with van der Waals surface area (Å²) in [6.45, 7) is 9.52. The highest BCUT2D eigenvalue weighted by Gasteiger charge is 2.50. The Morgan fingerprint density at radius 1 is 1.29 bits per heavy atom. The largest absolute Gasteiger partial charge is 0.466 e. The predicted molar refractivity (Wildman–Crippen MR) is 110 cm³/mol. The van der Waals surface area contributed by atoms with E-state index in [2.05, 4.69) is 6.58 Å². The van der Waals surface area contributed by atoms with Gasteiger partial charge >= 0.3 is 17.9 Å². The molecule has 6 nitrogen and oxygen atoms in total. The summed E-state index contributed by atoms with van der Waals surface area (Å²) in [5.74, 6) is -2.30. The molecule has 0 aromatic heterocycles. The van der Waals surface area contributed by atoms with Gasteiger partial charge in [-0.05, 0) is 55.5 Å². The molecule has 0 amide bonds. The Hall–Kier alpha value is -2.96. The van der Waals surface area contributed by atoms with E-state index in [1.54, 1.807) is 0 Å². The van der Waals surface area contributed by atoms with Crippen molar-refractivity contribution in [3.05, 3.63) is 58.9 Å². The lowest BCUT2D eigenvalue weighted by molar-refractivity contribution is -0.141. The minimum Gasteiger partial charge on any atom is -0.466 e. The predicted octanol–water partition coefficient (Wildman–Crippen LogP) is 4.15. The number of rotatable bonds is 7. The first-order chi connectivity index (χ1) is 14.7. The van der Waals surface area contributed by atoms with E-state index in [0.717, 1.165) is 11.1 Å². The van der Waals surface area contributed by atoms with E-state index in [1.807, 2.05) is 13.8 Å². The number of hydrogen-bond acceptors (Lipinski definition) is 6. The number of hydrogen-bond donors (Lipinski definition) is 0. The van der Waals surface area contributed by atoms with Crippen LogP contribution in [0.15, 0.2) is 47.6 Å². The Labute approximate surface area is 181 Å². The maximum absolute atomic E-state index is 13.2. The minimum absolute atomic E-state index is 0.0195. The molecule has 2 aliphatic rings. The summed E-state index contributed by atoms with van der Waals surface area (Å²) in [7, 11) is 0. The number of carbonyl (C=O) groups is 3. The van der Waals surface area contributed by atoms with Crippen molar-refractivity contribution in [1.29, 1.82) is 0 Å². The van der Waals surface area contributed by atoms with E-state index >= 15 is 0 Å². The second kappa shape index (κ2) is 9.45. The fourth-order valence-corrected chi connectivity index (χ4v) is 4.42. The van der Waals surface area contributed by atoms with Gasteiger partial charge in [0.1, 0.15) is 18.0 Å². The lowest BCUT2D eigenvalue weighted by Gasteiger charge is -2.37. The van der Waals surface area contributed by atoms with Gasteiger partial charge in [0.15, 0.2) is 0 Å². The summed E-state index contributed by atoms with van der Waals surface area (Å²) in [6.07, 6.45) is 0.773. The first kappa shape index (κ1) is 22.7. The average Bonchev–Trinajstić information content (AvgIpc) is 2.98. The maximum atomic E-state index is 13.2. The minimum atomic E-state index is -0.709. The Bertz CT molecular complexity index is 917. The molecule has 4 atom stereocenters. The van der Waals surface area contributed by atoms with Crippen LogP contribution in [0.3, 0.4) is 0 Å². The highest BCUT2D eigenvalue weighted by molar-refractivity contribution is 5.92. The molecule has 31 heavy (non-hydrogen) atoms. The Balaban J connectivity index is 1.85. The lowest BCUT2D eigenvalue weighted by atomic mass is 9.73. The van der Waals surface area contributed by atoms with E-state index in [9.17, 15) is 18.8 Å². The number of benzene rings is 1. The molecule has 0 bridgehead atoms. The Kier molecular flexibility index (Phi) is 6.93. The normalized spacial score (nSPS) is 23.8. The molecule has 166 valence electrons. The molecular formula is C24H27FO6. The van der Waals surface area contributed by atoms with Gasteiger partial charge < -0.3 is 14.2 Å². The van der Waals surface area contributed by atoms with Gasteiger partial charge in [-0.3, -0.25) is 4.79 Å². The van der Waals surface area contributed by atoms with Crippen molar-refractivity contribution in [2.75, 3.05) is 6.61 Å². The Morgan fingerprint density at radius 3 is 2.61 bits per heavy atom. The van der Waals surface area contributed by atoms with E-state index < -0.39 is 35.9 Å². The first-order valence-electron chi connectivity index (χ1n) is 10.4. The smallest absolute Gasteiger partial charge is 0.338 e. The topological polar surface area (TPSA) is 78.9 Å². The third kappa shape index (κ3) is 5.03. The van der Waals surface area contributed by atoms with Crippen LogP contribution in [0.5, 0.6) is 0 Å². The van der Waals surface area contributed by atoms with Crippen LogP contribution in [0.4, 0.5) is 4.39 Å². The van der Waals surface area contributed by atoms with E-state index in [1.165, 1.54) is 31.2 Å². The molecule has 1 saturated heterocycles. The molecule has 0 unspecified atom stereocenters. The standard InChI is InChI=1S/C24H27FO6/c1-13(6-5-11-29-16(4)26)20-14(2)12-19-21(15(3)23(27)30-19)22(20)31-24(28)17-7-9-18(25)10-8-17/h7-10,13,19,21-22H,3,5-6,11-12H2,1-2,4H3/t13-,19+,21+,22+/m0/s1. The highest BCUT2D eigenvalue weighted by atomic mass is 19.1.